The van der Waals surface area contributed by atoms with Gasteiger partial charge in [0.2, 0.25) is 11.8 Å². The van der Waals surface area contributed by atoms with Crippen molar-refractivity contribution in [3.63, 3.8) is 0 Å². The van der Waals surface area contributed by atoms with Crippen molar-refractivity contribution < 1.29 is 14.7 Å². The Kier molecular flexibility index (Phi) is 10.5. The summed E-state index contributed by atoms with van der Waals surface area (Å²) >= 11 is 0. The molecule has 46 heavy (non-hydrogen) atoms. The summed E-state index contributed by atoms with van der Waals surface area (Å²) in [5.74, 6) is 1.72. The van der Waals surface area contributed by atoms with Gasteiger partial charge in [-0.3, -0.25) is 19.5 Å². The molecular weight excluding hydrogens is 574 g/mol. The molecule has 2 amide bonds. The highest BCUT2D eigenvalue weighted by molar-refractivity contribution is 5.95. The molecule has 2 fully saturated rings. The zero-order valence-corrected chi connectivity index (χ0v) is 28.5. The monoisotopic (exact) mass is 629 g/mol. The third kappa shape index (κ3) is 6.97. The smallest absolute Gasteiger partial charge is 0.242 e. The molecule has 3 aliphatic rings. The molecule has 5 N–H and O–H groups in total. The van der Waals surface area contributed by atoms with Crippen molar-refractivity contribution >= 4 is 17.6 Å². The Balaban J connectivity index is 1.28. The van der Waals surface area contributed by atoms with E-state index in [1.54, 1.807) is 0 Å². The minimum Gasteiger partial charge on any atom is -0.508 e. The highest BCUT2D eigenvalue weighted by Gasteiger charge is 2.62. The number of nitrogens with two attached hydrogens (primary N) is 1. The van der Waals surface area contributed by atoms with Crippen molar-refractivity contribution in [1.82, 2.24) is 15.5 Å². The third-order valence-electron chi connectivity index (χ3n) is 11.3. The molecule has 5 rings (SSSR count). The second-order valence-electron chi connectivity index (χ2n) is 14.7. The zero-order chi connectivity index (χ0) is 33.1. The van der Waals surface area contributed by atoms with Gasteiger partial charge in [-0.1, -0.05) is 71.0 Å². The Labute approximate surface area is 275 Å². The van der Waals surface area contributed by atoms with Crippen molar-refractivity contribution in [2.75, 3.05) is 26.2 Å². The van der Waals surface area contributed by atoms with Crippen molar-refractivity contribution in [3.8, 4) is 5.75 Å². The van der Waals surface area contributed by atoms with Gasteiger partial charge in [-0.05, 0) is 97.1 Å². The summed E-state index contributed by atoms with van der Waals surface area (Å²) in [5.41, 5.74) is 8.84. The highest BCUT2D eigenvalue weighted by Crippen LogP contribution is 2.57. The number of hydrogen-bond acceptors (Lipinski definition) is 5. The van der Waals surface area contributed by atoms with Gasteiger partial charge in [0.25, 0.3) is 0 Å². The summed E-state index contributed by atoms with van der Waals surface area (Å²) in [6.07, 6.45) is 5.75. The van der Waals surface area contributed by atoms with E-state index in [-0.39, 0.29) is 29.1 Å². The van der Waals surface area contributed by atoms with Crippen LogP contribution in [0.5, 0.6) is 5.75 Å². The molecule has 2 aromatic carbocycles. The molecule has 0 unspecified atom stereocenters. The van der Waals surface area contributed by atoms with Crippen LogP contribution in [0.25, 0.3) is 0 Å². The fourth-order valence-corrected chi connectivity index (χ4v) is 8.15. The number of benzene rings is 2. The third-order valence-corrected chi connectivity index (χ3v) is 11.3. The van der Waals surface area contributed by atoms with Gasteiger partial charge in [0.1, 0.15) is 11.8 Å². The van der Waals surface area contributed by atoms with E-state index >= 15 is 0 Å². The number of nitrogens with zero attached hydrogens (tertiary/aromatic N) is 2. The van der Waals surface area contributed by atoms with Gasteiger partial charge >= 0.3 is 0 Å². The van der Waals surface area contributed by atoms with Crippen molar-refractivity contribution in [2.24, 2.45) is 28.5 Å². The highest BCUT2D eigenvalue weighted by atomic mass is 16.3. The van der Waals surface area contributed by atoms with E-state index in [9.17, 15) is 14.7 Å². The number of fused-ring (bicyclic) bond motifs is 4. The van der Waals surface area contributed by atoms with E-state index in [1.165, 1.54) is 11.1 Å². The van der Waals surface area contributed by atoms with Gasteiger partial charge in [0, 0.05) is 32.1 Å². The van der Waals surface area contributed by atoms with Crippen molar-refractivity contribution in [1.29, 1.82) is 0 Å². The minimum atomic E-state index is -0.643. The molecule has 250 valence electrons. The molecule has 8 heteroatoms. The largest absolute Gasteiger partial charge is 0.508 e. The second kappa shape index (κ2) is 14.2. The molecule has 0 aromatic heterocycles. The summed E-state index contributed by atoms with van der Waals surface area (Å²) < 4.78 is 0. The summed E-state index contributed by atoms with van der Waals surface area (Å²) in [6.45, 7) is 13.9. The number of phenols is 1. The van der Waals surface area contributed by atoms with Crippen LogP contribution < -0.4 is 16.4 Å². The molecule has 8 nitrogen and oxygen atoms in total. The van der Waals surface area contributed by atoms with Gasteiger partial charge in [-0.15, -0.1) is 0 Å². The topological polar surface area (TPSA) is 120 Å². The second-order valence-corrected chi connectivity index (χ2v) is 14.7. The zero-order valence-electron chi connectivity index (χ0n) is 28.5. The number of nitrogens with one attached hydrogen (secondary N) is 2. The van der Waals surface area contributed by atoms with E-state index in [0.717, 1.165) is 57.2 Å². The molecule has 2 aromatic rings. The lowest BCUT2D eigenvalue weighted by molar-refractivity contribution is -0.131. The van der Waals surface area contributed by atoms with Crippen LogP contribution in [0.2, 0.25) is 0 Å². The fraction of sp³-hybridized carbons (Fsp3) is 0.605. The van der Waals surface area contributed by atoms with E-state index in [0.29, 0.717) is 43.1 Å². The molecule has 1 saturated carbocycles. The number of phenolic OH excluding ortho intramolecular Hbond substituents is 1. The molecule has 1 aliphatic heterocycles. The maximum absolute atomic E-state index is 14.3. The summed E-state index contributed by atoms with van der Waals surface area (Å²) in [5, 5.41) is 16.6. The number of amides is 2. The molecule has 2 aliphatic carbocycles. The molecular formula is C38H55N5O3. The number of piperidine rings is 1. The first-order valence-electron chi connectivity index (χ1n) is 17.5. The van der Waals surface area contributed by atoms with Crippen LogP contribution in [0.4, 0.5) is 0 Å². The van der Waals surface area contributed by atoms with E-state index < -0.39 is 11.5 Å². The standard InChI is InChI=1S/C38H55N5O3/c1-6-34(39)40-17-10-11-18-41-35(45)32(20-25(2)3)42-36(46)38(28-12-8-7-9-13-28)23-29(38)24-43-19-16-37(5)26(4)33(43)21-27-14-15-30(44)22-31(27)37/h7-9,12-15,22,25-26,29,32-33,44H,6,10-11,16-21,23-24H2,1-5H3,(H2,39,40)(H,41,45)(H,42,46)/t26-,29-,32+,33-,37-,38+/m1/s1. The lowest BCUT2D eigenvalue weighted by Crippen LogP contribution is -2.58. The van der Waals surface area contributed by atoms with E-state index in [1.807, 2.05) is 37.3 Å². The Morgan fingerprint density at radius 1 is 1.15 bits per heavy atom. The predicted octanol–water partition coefficient (Wildman–Crippen LogP) is 5.07. The van der Waals surface area contributed by atoms with Crippen LogP contribution in [-0.2, 0) is 26.8 Å². The van der Waals surface area contributed by atoms with E-state index in [2.05, 4.69) is 66.4 Å². The number of carbonyl (C=O) groups excluding carboxylic acids is 2. The first kappa shape index (κ1) is 34.0. The van der Waals surface area contributed by atoms with Gasteiger partial charge in [-0.25, -0.2) is 0 Å². The molecule has 6 atom stereocenters. The van der Waals surface area contributed by atoms with Crippen LogP contribution in [0.1, 0.15) is 89.8 Å². The van der Waals surface area contributed by atoms with Gasteiger partial charge in [0.05, 0.1) is 11.3 Å². The number of carbonyl (C=O) groups is 2. The van der Waals surface area contributed by atoms with Crippen molar-refractivity contribution in [3.05, 3.63) is 65.2 Å². The molecule has 2 bridgehead atoms. The lowest BCUT2D eigenvalue weighted by Gasteiger charge is -2.55. The van der Waals surface area contributed by atoms with Gasteiger partial charge in [-0.2, -0.15) is 0 Å². The van der Waals surface area contributed by atoms with Gasteiger partial charge < -0.3 is 21.5 Å². The quantitative estimate of drug-likeness (QED) is 0.132. The Morgan fingerprint density at radius 3 is 2.63 bits per heavy atom. The van der Waals surface area contributed by atoms with Crippen LogP contribution in [0, 0.1) is 17.8 Å². The van der Waals surface area contributed by atoms with Gasteiger partial charge in [0.15, 0.2) is 0 Å². The van der Waals surface area contributed by atoms with Crippen LogP contribution in [0.3, 0.4) is 0 Å². The van der Waals surface area contributed by atoms with E-state index in [4.69, 9.17) is 5.73 Å². The number of rotatable bonds is 14. The maximum atomic E-state index is 14.3. The average molecular weight is 630 g/mol. The number of likely N-dealkylation sites (tertiary alicyclic amines) is 1. The fourth-order valence-electron chi connectivity index (χ4n) is 8.15. The van der Waals surface area contributed by atoms with Crippen LogP contribution >= 0.6 is 0 Å². The molecule has 0 radical (unpaired) electrons. The number of hydrogen-bond donors (Lipinski definition) is 4. The first-order valence-corrected chi connectivity index (χ1v) is 17.5. The lowest BCUT2D eigenvalue weighted by atomic mass is 9.59. The average Bonchev–Trinajstić information content (AvgIpc) is 3.77. The van der Waals surface area contributed by atoms with Crippen LogP contribution in [0.15, 0.2) is 53.5 Å². The minimum absolute atomic E-state index is 0.0262. The van der Waals surface area contributed by atoms with Crippen LogP contribution in [-0.4, -0.2) is 65.9 Å². The Bertz CT molecular complexity index is 1410. The molecule has 1 heterocycles. The molecule has 0 spiro atoms. The maximum Gasteiger partial charge on any atom is 0.242 e. The number of aromatic hydroxyl groups is 1. The Morgan fingerprint density at radius 2 is 1.91 bits per heavy atom. The SMILES string of the molecule is CCC(N)=NCCCCNC(=O)[C@H](CC(C)C)NC(=O)[C@]1(c2ccccc2)C[C@@H]1CN1CC[C@@]2(C)c3cc(O)ccc3C[C@@H]1[C@H]2C. The predicted molar refractivity (Wildman–Crippen MR) is 185 cm³/mol. The number of aliphatic imine (C=N–C) groups is 1. The normalized spacial score (nSPS) is 28.0. The molecule has 1 saturated heterocycles. The summed E-state index contributed by atoms with van der Waals surface area (Å²) in [4.78, 5) is 34.7. The number of amidine groups is 1. The summed E-state index contributed by atoms with van der Waals surface area (Å²) in [6, 6.07) is 15.9. The van der Waals surface area contributed by atoms with Crippen molar-refractivity contribution in [2.45, 2.75) is 102 Å². The summed E-state index contributed by atoms with van der Waals surface area (Å²) in [7, 11) is 0. The number of unbranched alkanes of at least 4 members (excludes halogenated alkanes) is 1. The first-order chi connectivity index (χ1) is 22.0. The Hall–Kier alpha value is -3.39.